The van der Waals surface area contributed by atoms with Gasteiger partial charge in [0.1, 0.15) is 6.33 Å². The quantitative estimate of drug-likeness (QED) is 0.402. The van der Waals surface area contributed by atoms with Gasteiger partial charge in [0.2, 0.25) is 11.6 Å². The standard InChI is InChI=1S/C25H31N7O2/c1-25(2,3)29-28-23-22(32(33)34)24(27-18-26-23)31-16-14-30(15-17-31)21(19-10-6-4-7-11-19)20-12-8-5-9-13-20/h4-13,18,21,29H,14-17H2,1-3H3,(H,26,27,28). The van der Waals surface area contributed by atoms with Crippen molar-refractivity contribution in [2.24, 2.45) is 0 Å². The number of benzene rings is 2. The molecular formula is C25H31N7O2. The zero-order valence-corrected chi connectivity index (χ0v) is 19.8. The molecule has 0 saturated carbocycles. The van der Waals surface area contributed by atoms with Crippen LogP contribution < -0.4 is 15.8 Å². The van der Waals surface area contributed by atoms with Gasteiger partial charge in [0, 0.05) is 31.7 Å². The lowest BCUT2D eigenvalue weighted by Gasteiger charge is -2.40. The molecule has 0 unspecified atom stereocenters. The predicted molar refractivity (Wildman–Crippen MR) is 134 cm³/mol. The van der Waals surface area contributed by atoms with Gasteiger partial charge in [-0.1, -0.05) is 60.7 Å². The van der Waals surface area contributed by atoms with E-state index in [2.05, 4.69) is 74.3 Å². The average Bonchev–Trinajstić information content (AvgIpc) is 2.84. The molecule has 9 heteroatoms. The van der Waals surface area contributed by atoms with E-state index in [0.29, 0.717) is 18.9 Å². The first-order valence-corrected chi connectivity index (χ1v) is 11.4. The molecule has 0 aliphatic carbocycles. The monoisotopic (exact) mass is 461 g/mol. The van der Waals surface area contributed by atoms with Gasteiger partial charge in [0.05, 0.1) is 11.0 Å². The largest absolute Gasteiger partial charge is 0.354 e. The van der Waals surface area contributed by atoms with E-state index < -0.39 is 4.92 Å². The Morgan fingerprint density at radius 3 is 1.97 bits per heavy atom. The third-order valence-corrected chi connectivity index (χ3v) is 5.75. The van der Waals surface area contributed by atoms with E-state index in [1.165, 1.54) is 17.5 Å². The fraction of sp³-hybridized carbons (Fsp3) is 0.360. The van der Waals surface area contributed by atoms with Gasteiger partial charge in [-0.2, -0.15) is 0 Å². The van der Waals surface area contributed by atoms with Gasteiger partial charge < -0.3 is 4.90 Å². The molecule has 0 radical (unpaired) electrons. The van der Waals surface area contributed by atoms with Crippen molar-refractivity contribution in [1.82, 2.24) is 20.3 Å². The number of nitro groups is 1. The molecule has 34 heavy (non-hydrogen) atoms. The Labute approximate surface area is 200 Å². The molecule has 178 valence electrons. The molecule has 1 fully saturated rings. The minimum absolute atomic E-state index is 0.115. The van der Waals surface area contributed by atoms with Gasteiger partial charge in [0.15, 0.2) is 0 Å². The number of nitrogens with zero attached hydrogens (tertiary/aromatic N) is 5. The summed E-state index contributed by atoms with van der Waals surface area (Å²) < 4.78 is 0. The van der Waals surface area contributed by atoms with E-state index in [0.717, 1.165) is 13.1 Å². The average molecular weight is 462 g/mol. The van der Waals surface area contributed by atoms with Crippen molar-refractivity contribution >= 4 is 17.3 Å². The molecule has 0 amide bonds. The summed E-state index contributed by atoms with van der Waals surface area (Å²) in [5, 5.41) is 12.0. The predicted octanol–water partition coefficient (Wildman–Crippen LogP) is 4.01. The van der Waals surface area contributed by atoms with Gasteiger partial charge in [0.25, 0.3) is 0 Å². The van der Waals surface area contributed by atoms with Crippen LogP contribution in [0.2, 0.25) is 0 Å². The molecule has 0 spiro atoms. The molecule has 1 aliphatic heterocycles. The molecule has 2 aromatic carbocycles. The Morgan fingerprint density at radius 1 is 0.912 bits per heavy atom. The van der Waals surface area contributed by atoms with Crippen LogP contribution in [-0.2, 0) is 0 Å². The van der Waals surface area contributed by atoms with Crippen LogP contribution in [0.25, 0.3) is 0 Å². The van der Waals surface area contributed by atoms with E-state index in [1.807, 2.05) is 37.8 Å². The summed E-state index contributed by atoms with van der Waals surface area (Å²) in [6.07, 6.45) is 1.37. The smallest absolute Gasteiger partial charge is 0.348 e. The van der Waals surface area contributed by atoms with E-state index in [-0.39, 0.29) is 23.1 Å². The lowest BCUT2D eigenvalue weighted by atomic mass is 9.96. The number of nitrogens with one attached hydrogen (secondary N) is 2. The lowest BCUT2D eigenvalue weighted by Crippen LogP contribution is -2.48. The zero-order chi connectivity index (χ0) is 24.1. The highest BCUT2D eigenvalue weighted by Gasteiger charge is 2.32. The lowest BCUT2D eigenvalue weighted by molar-refractivity contribution is -0.383. The Morgan fingerprint density at radius 2 is 1.47 bits per heavy atom. The summed E-state index contributed by atoms with van der Waals surface area (Å²) in [4.78, 5) is 24.4. The Hall–Kier alpha value is -3.56. The highest BCUT2D eigenvalue weighted by Crippen LogP contribution is 2.34. The second kappa shape index (κ2) is 10.1. The normalized spacial score (nSPS) is 14.9. The van der Waals surface area contributed by atoms with Crippen molar-refractivity contribution in [3.8, 4) is 0 Å². The van der Waals surface area contributed by atoms with Gasteiger partial charge in [-0.05, 0) is 31.9 Å². The van der Waals surface area contributed by atoms with Gasteiger partial charge in [-0.25, -0.2) is 15.4 Å². The maximum atomic E-state index is 12.0. The number of anilines is 2. The highest BCUT2D eigenvalue weighted by atomic mass is 16.6. The van der Waals surface area contributed by atoms with Crippen LogP contribution in [0.1, 0.15) is 37.9 Å². The number of hydrazine groups is 1. The second-order valence-corrected chi connectivity index (χ2v) is 9.40. The molecule has 0 bridgehead atoms. The molecule has 3 aromatic rings. The molecule has 4 rings (SSSR count). The third kappa shape index (κ3) is 5.49. The number of aromatic nitrogens is 2. The summed E-state index contributed by atoms with van der Waals surface area (Å²) in [6, 6.07) is 21.0. The van der Waals surface area contributed by atoms with E-state index in [1.54, 1.807) is 0 Å². The first-order valence-electron chi connectivity index (χ1n) is 11.4. The van der Waals surface area contributed by atoms with Crippen molar-refractivity contribution in [3.05, 3.63) is 88.2 Å². The highest BCUT2D eigenvalue weighted by molar-refractivity contribution is 5.70. The Kier molecular flexibility index (Phi) is 7.04. The Balaban J connectivity index is 1.56. The Bertz CT molecular complexity index is 1060. The van der Waals surface area contributed by atoms with Crippen LogP contribution >= 0.6 is 0 Å². The molecule has 0 atom stereocenters. The molecule has 1 saturated heterocycles. The number of piperazine rings is 1. The number of rotatable bonds is 7. The van der Waals surface area contributed by atoms with Gasteiger partial charge in [-0.15, -0.1) is 0 Å². The minimum atomic E-state index is -0.412. The second-order valence-electron chi connectivity index (χ2n) is 9.40. The maximum Gasteiger partial charge on any atom is 0.354 e. The van der Waals surface area contributed by atoms with E-state index in [9.17, 15) is 10.1 Å². The van der Waals surface area contributed by atoms with Crippen LogP contribution in [0, 0.1) is 10.1 Å². The number of hydrogen-bond donors (Lipinski definition) is 2. The SMILES string of the molecule is CC(C)(C)NNc1ncnc(N2CCN(C(c3ccccc3)c3ccccc3)CC2)c1[N+](=O)[O-]. The molecule has 9 nitrogen and oxygen atoms in total. The van der Waals surface area contributed by atoms with Crippen LogP contribution in [0.3, 0.4) is 0 Å². The summed E-state index contributed by atoms with van der Waals surface area (Å²) in [5.41, 5.74) is 8.02. The third-order valence-electron chi connectivity index (χ3n) is 5.75. The molecule has 1 aliphatic rings. The van der Waals surface area contributed by atoms with Crippen LogP contribution in [-0.4, -0.2) is 51.5 Å². The van der Waals surface area contributed by atoms with Crippen LogP contribution in [0.15, 0.2) is 67.0 Å². The molecule has 2 N–H and O–H groups in total. The fourth-order valence-electron chi connectivity index (χ4n) is 4.18. The van der Waals surface area contributed by atoms with Crippen LogP contribution in [0.4, 0.5) is 17.3 Å². The van der Waals surface area contributed by atoms with Gasteiger partial charge >= 0.3 is 5.69 Å². The van der Waals surface area contributed by atoms with Gasteiger partial charge in [-0.3, -0.25) is 20.4 Å². The van der Waals surface area contributed by atoms with E-state index in [4.69, 9.17) is 0 Å². The van der Waals surface area contributed by atoms with Crippen molar-refractivity contribution in [2.45, 2.75) is 32.4 Å². The van der Waals surface area contributed by atoms with Crippen molar-refractivity contribution < 1.29 is 4.92 Å². The summed E-state index contributed by atoms with van der Waals surface area (Å²) in [6.45, 7) is 8.63. The zero-order valence-electron chi connectivity index (χ0n) is 19.8. The summed E-state index contributed by atoms with van der Waals surface area (Å²) in [5.74, 6) is 0.507. The van der Waals surface area contributed by atoms with Crippen LogP contribution in [0.5, 0.6) is 0 Å². The van der Waals surface area contributed by atoms with E-state index >= 15 is 0 Å². The molecule has 1 aromatic heterocycles. The van der Waals surface area contributed by atoms with Crippen molar-refractivity contribution in [2.75, 3.05) is 36.5 Å². The summed E-state index contributed by atoms with van der Waals surface area (Å²) in [7, 11) is 0. The van der Waals surface area contributed by atoms with Crippen molar-refractivity contribution in [3.63, 3.8) is 0 Å². The topological polar surface area (TPSA) is 99.5 Å². The molecule has 2 heterocycles. The first kappa shape index (κ1) is 23.6. The van der Waals surface area contributed by atoms with Crippen molar-refractivity contribution in [1.29, 1.82) is 0 Å². The summed E-state index contributed by atoms with van der Waals surface area (Å²) >= 11 is 0. The first-order chi connectivity index (χ1) is 16.3. The molecular weight excluding hydrogens is 430 g/mol. The number of hydrogen-bond acceptors (Lipinski definition) is 8. The fourth-order valence-corrected chi connectivity index (χ4v) is 4.18. The minimum Gasteiger partial charge on any atom is -0.348 e. The maximum absolute atomic E-state index is 12.0.